The first-order chi connectivity index (χ1) is 5.72. The zero-order chi connectivity index (χ0) is 9.40. The molecule has 0 bridgehead atoms. The first-order valence-electron chi connectivity index (χ1n) is 3.78. The third-order valence-corrected chi connectivity index (χ3v) is 1.24. The lowest BCUT2D eigenvalue weighted by Gasteiger charge is -2.01. The van der Waals surface area contributed by atoms with Gasteiger partial charge in [-0.05, 0) is 13.3 Å². The molecule has 0 saturated carbocycles. The molecule has 3 heteroatoms. The minimum atomic E-state index is -0.383. The van der Waals surface area contributed by atoms with Gasteiger partial charge in [0.25, 0.3) is 0 Å². The molecule has 0 saturated heterocycles. The van der Waals surface area contributed by atoms with Gasteiger partial charge in [0.15, 0.2) is 0 Å². The number of allylic oxidation sites excluding steroid dienone is 2. The number of rotatable bonds is 5. The summed E-state index contributed by atoms with van der Waals surface area (Å²) in [5.41, 5.74) is 0.545. The summed E-state index contributed by atoms with van der Waals surface area (Å²) in [5, 5.41) is 8.36. The Morgan fingerprint density at radius 1 is 1.67 bits per heavy atom. The molecule has 0 amide bonds. The van der Waals surface area contributed by atoms with Crippen LogP contribution in [-0.4, -0.2) is 24.3 Å². The van der Waals surface area contributed by atoms with Gasteiger partial charge in [-0.2, -0.15) is 0 Å². The molecule has 1 N–H and O–H groups in total. The van der Waals surface area contributed by atoms with Crippen LogP contribution in [0.15, 0.2) is 24.3 Å². The average molecular weight is 170 g/mol. The largest absolute Gasteiger partial charge is 0.460 e. The van der Waals surface area contributed by atoms with Crippen molar-refractivity contribution in [2.24, 2.45) is 0 Å². The van der Waals surface area contributed by atoms with Crippen LogP contribution in [0.25, 0.3) is 0 Å². The van der Waals surface area contributed by atoms with E-state index < -0.39 is 0 Å². The molecule has 68 valence electrons. The molecule has 0 atom stereocenters. The molecule has 0 radical (unpaired) electrons. The molecular formula is C9H14O3. The van der Waals surface area contributed by atoms with E-state index in [0.29, 0.717) is 12.0 Å². The molecule has 0 heterocycles. The lowest BCUT2D eigenvalue weighted by atomic mass is 10.2. The van der Waals surface area contributed by atoms with Gasteiger partial charge in [0, 0.05) is 5.57 Å². The number of hydrogen-bond donors (Lipinski definition) is 1. The summed E-state index contributed by atoms with van der Waals surface area (Å²) in [7, 11) is 0. The Kier molecular flexibility index (Phi) is 6.01. The number of aliphatic hydroxyl groups excluding tert-OH is 1. The third kappa shape index (κ3) is 4.68. The normalized spacial score (nSPS) is 11.0. The number of ether oxygens (including phenoxy) is 1. The molecule has 12 heavy (non-hydrogen) atoms. The second kappa shape index (κ2) is 6.61. The van der Waals surface area contributed by atoms with Crippen LogP contribution in [0.2, 0.25) is 0 Å². The fraction of sp³-hybridized carbons (Fsp3) is 0.444. The van der Waals surface area contributed by atoms with E-state index in [1.54, 1.807) is 19.1 Å². The van der Waals surface area contributed by atoms with Gasteiger partial charge in [-0.25, -0.2) is 4.79 Å². The molecule has 0 aliphatic heterocycles. The van der Waals surface area contributed by atoms with Crippen LogP contribution in [0.4, 0.5) is 0 Å². The minimum Gasteiger partial charge on any atom is -0.460 e. The van der Waals surface area contributed by atoms with E-state index in [0.717, 1.165) is 0 Å². The highest BCUT2D eigenvalue weighted by Gasteiger charge is 2.02. The lowest BCUT2D eigenvalue weighted by molar-refractivity contribution is -0.139. The molecule has 0 aromatic heterocycles. The Morgan fingerprint density at radius 2 is 2.33 bits per heavy atom. The fourth-order valence-corrected chi connectivity index (χ4v) is 0.596. The number of esters is 1. The maximum absolute atomic E-state index is 11.0. The first kappa shape index (κ1) is 10.9. The predicted octanol–water partition coefficient (Wildman–Crippen LogP) is 1.04. The molecule has 3 nitrogen and oxygen atoms in total. The van der Waals surface area contributed by atoms with Crippen LogP contribution in [0.1, 0.15) is 13.3 Å². The number of aliphatic hydroxyl groups is 1. The van der Waals surface area contributed by atoms with Crippen LogP contribution in [0, 0.1) is 0 Å². The maximum Gasteiger partial charge on any atom is 0.333 e. The van der Waals surface area contributed by atoms with Crippen molar-refractivity contribution in [3.63, 3.8) is 0 Å². The summed E-state index contributed by atoms with van der Waals surface area (Å²) in [6.45, 7) is 5.10. The van der Waals surface area contributed by atoms with Crippen molar-refractivity contribution >= 4 is 5.97 Å². The van der Waals surface area contributed by atoms with E-state index in [-0.39, 0.29) is 19.2 Å². The van der Waals surface area contributed by atoms with E-state index in [1.165, 1.54) is 0 Å². The molecule has 0 aliphatic rings. The maximum atomic E-state index is 11.0. The molecule has 0 rings (SSSR count). The fourth-order valence-electron chi connectivity index (χ4n) is 0.596. The minimum absolute atomic E-state index is 0.0537. The van der Waals surface area contributed by atoms with Gasteiger partial charge in [0.1, 0.15) is 6.61 Å². The standard InChI is InChI=1S/C9H14O3/c1-3-4-5-8(2)9(11)12-7-6-10/h3,5,10H,1,4,6-7H2,2H3. The monoisotopic (exact) mass is 170 g/mol. The number of carbonyl (C=O) groups excluding carboxylic acids is 1. The van der Waals surface area contributed by atoms with Gasteiger partial charge in [-0.1, -0.05) is 12.2 Å². The predicted molar refractivity (Wildman–Crippen MR) is 46.6 cm³/mol. The van der Waals surface area contributed by atoms with Crippen molar-refractivity contribution in [2.75, 3.05) is 13.2 Å². The zero-order valence-electron chi connectivity index (χ0n) is 7.25. The van der Waals surface area contributed by atoms with Crippen LogP contribution < -0.4 is 0 Å². The first-order valence-corrected chi connectivity index (χ1v) is 3.78. The Bertz CT molecular complexity index is 182. The van der Waals surface area contributed by atoms with Gasteiger partial charge < -0.3 is 9.84 Å². The van der Waals surface area contributed by atoms with Gasteiger partial charge >= 0.3 is 5.97 Å². The molecular weight excluding hydrogens is 156 g/mol. The van der Waals surface area contributed by atoms with Crippen molar-refractivity contribution in [1.82, 2.24) is 0 Å². The van der Waals surface area contributed by atoms with Gasteiger partial charge in [0.2, 0.25) is 0 Å². The second-order valence-electron chi connectivity index (χ2n) is 2.27. The zero-order valence-corrected chi connectivity index (χ0v) is 7.25. The van der Waals surface area contributed by atoms with Crippen LogP contribution in [0.3, 0.4) is 0 Å². The summed E-state index contributed by atoms with van der Waals surface area (Å²) in [6.07, 6.45) is 4.08. The highest BCUT2D eigenvalue weighted by Crippen LogP contribution is 1.98. The van der Waals surface area contributed by atoms with Gasteiger partial charge in [-0.3, -0.25) is 0 Å². The molecule has 0 aromatic carbocycles. The molecule has 0 unspecified atom stereocenters. The molecule has 0 spiro atoms. The summed E-state index contributed by atoms with van der Waals surface area (Å²) in [5.74, 6) is -0.383. The Balaban J connectivity index is 3.83. The van der Waals surface area contributed by atoms with Crippen molar-refractivity contribution in [3.05, 3.63) is 24.3 Å². The quantitative estimate of drug-likeness (QED) is 0.381. The van der Waals surface area contributed by atoms with Crippen molar-refractivity contribution in [3.8, 4) is 0 Å². The topological polar surface area (TPSA) is 46.5 Å². The summed E-state index contributed by atoms with van der Waals surface area (Å²) < 4.78 is 4.66. The summed E-state index contributed by atoms with van der Waals surface area (Å²) in [6, 6.07) is 0. The van der Waals surface area contributed by atoms with E-state index in [2.05, 4.69) is 11.3 Å². The van der Waals surface area contributed by atoms with Gasteiger partial charge in [0.05, 0.1) is 6.61 Å². The van der Waals surface area contributed by atoms with E-state index in [9.17, 15) is 4.79 Å². The molecule has 0 fully saturated rings. The van der Waals surface area contributed by atoms with Crippen LogP contribution >= 0.6 is 0 Å². The third-order valence-electron chi connectivity index (χ3n) is 1.24. The number of carbonyl (C=O) groups is 1. The second-order valence-corrected chi connectivity index (χ2v) is 2.27. The highest BCUT2D eigenvalue weighted by molar-refractivity contribution is 5.87. The summed E-state index contributed by atoms with van der Waals surface area (Å²) in [4.78, 5) is 11.0. The average Bonchev–Trinajstić information content (AvgIpc) is 2.10. The van der Waals surface area contributed by atoms with Crippen molar-refractivity contribution in [2.45, 2.75) is 13.3 Å². The van der Waals surface area contributed by atoms with E-state index in [1.807, 2.05) is 0 Å². The van der Waals surface area contributed by atoms with E-state index >= 15 is 0 Å². The van der Waals surface area contributed by atoms with Crippen molar-refractivity contribution < 1.29 is 14.6 Å². The SMILES string of the molecule is C=CCC=C(C)C(=O)OCCO. The summed E-state index contributed by atoms with van der Waals surface area (Å²) >= 11 is 0. The van der Waals surface area contributed by atoms with Crippen LogP contribution in [0.5, 0.6) is 0 Å². The Labute approximate surface area is 72.3 Å². The highest BCUT2D eigenvalue weighted by atomic mass is 16.5. The number of hydrogen-bond acceptors (Lipinski definition) is 3. The smallest absolute Gasteiger partial charge is 0.333 e. The molecule has 0 aliphatic carbocycles. The lowest BCUT2D eigenvalue weighted by Crippen LogP contribution is -2.09. The molecule has 0 aromatic rings. The van der Waals surface area contributed by atoms with Crippen LogP contribution in [-0.2, 0) is 9.53 Å². The van der Waals surface area contributed by atoms with Crippen molar-refractivity contribution in [1.29, 1.82) is 0 Å². The Morgan fingerprint density at radius 3 is 2.83 bits per heavy atom. The van der Waals surface area contributed by atoms with Gasteiger partial charge in [-0.15, -0.1) is 6.58 Å². The van der Waals surface area contributed by atoms with E-state index in [4.69, 9.17) is 5.11 Å². The Hall–Kier alpha value is -1.09.